The maximum absolute atomic E-state index is 12.2. The van der Waals surface area contributed by atoms with Gasteiger partial charge in [0.1, 0.15) is 5.75 Å². The van der Waals surface area contributed by atoms with Gasteiger partial charge in [-0.1, -0.05) is 49.0 Å². The van der Waals surface area contributed by atoms with Crippen LogP contribution in [0.3, 0.4) is 0 Å². The average molecular weight is 447 g/mol. The molecule has 0 aliphatic rings. The number of hydrogen-bond donors (Lipinski definition) is 2. The molecule has 0 radical (unpaired) electrons. The van der Waals surface area contributed by atoms with E-state index >= 15 is 0 Å². The Morgan fingerprint density at radius 3 is 1.96 bits per heavy atom. The van der Waals surface area contributed by atoms with Crippen molar-refractivity contribution in [1.29, 1.82) is 0 Å². The third-order valence-electron chi connectivity index (χ3n) is 4.54. The van der Waals surface area contributed by atoms with Crippen LogP contribution in [0.25, 0.3) is 0 Å². The van der Waals surface area contributed by atoms with E-state index in [1.165, 1.54) is 19.3 Å². The Balaban J connectivity index is 1.82. The molecule has 150 valence electrons. The molecule has 6 heteroatoms. The number of halogens is 1. The van der Waals surface area contributed by atoms with Crippen LogP contribution < -0.4 is 15.6 Å². The highest BCUT2D eigenvalue weighted by Gasteiger charge is 2.10. The molecule has 1 atom stereocenters. The third-order valence-corrected chi connectivity index (χ3v) is 5.07. The van der Waals surface area contributed by atoms with Gasteiger partial charge in [0.15, 0.2) is 0 Å². The highest BCUT2D eigenvalue weighted by molar-refractivity contribution is 9.10. The molecule has 0 saturated carbocycles. The predicted molar refractivity (Wildman–Crippen MR) is 114 cm³/mol. The topological polar surface area (TPSA) is 67.4 Å². The van der Waals surface area contributed by atoms with E-state index in [-0.39, 0.29) is 11.8 Å². The summed E-state index contributed by atoms with van der Waals surface area (Å²) in [6.07, 6.45) is 4.68. The number of carbonyl (C=O) groups is 2. The van der Waals surface area contributed by atoms with Crippen molar-refractivity contribution in [3.05, 3.63) is 64.1 Å². The molecule has 0 saturated heterocycles. The zero-order valence-corrected chi connectivity index (χ0v) is 17.9. The lowest BCUT2D eigenvalue weighted by Gasteiger charge is -2.15. The van der Waals surface area contributed by atoms with E-state index in [4.69, 9.17) is 4.74 Å². The van der Waals surface area contributed by atoms with Gasteiger partial charge in [-0.2, -0.15) is 0 Å². The molecule has 0 heterocycles. The van der Waals surface area contributed by atoms with Gasteiger partial charge in [0, 0.05) is 15.6 Å². The van der Waals surface area contributed by atoms with E-state index in [2.05, 4.69) is 40.6 Å². The Morgan fingerprint density at radius 1 is 0.929 bits per heavy atom. The predicted octanol–water partition coefficient (Wildman–Crippen LogP) is 5.12. The van der Waals surface area contributed by atoms with Crippen LogP contribution in [0.4, 0.5) is 0 Å². The molecule has 0 bridgehead atoms. The van der Waals surface area contributed by atoms with Gasteiger partial charge in [-0.15, -0.1) is 0 Å². The summed E-state index contributed by atoms with van der Waals surface area (Å²) in [4.78, 5) is 24.2. The first-order chi connectivity index (χ1) is 13.5. The fraction of sp³-hybridized carbons (Fsp3) is 0.364. The molecule has 2 aromatic rings. The minimum atomic E-state index is -0.383. The average Bonchev–Trinajstić information content (AvgIpc) is 2.73. The summed E-state index contributed by atoms with van der Waals surface area (Å²) in [7, 11) is 0. The van der Waals surface area contributed by atoms with Gasteiger partial charge in [-0.05, 0) is 60.9 Å². The molecule has 28 heavy (non-hydrogen) atoms. The fourth-order valence-corrected chi connectivity index (χ4v) is 2.94. The molecular weight excluding hydrogens is 420 g/mol. The summed E-state index contributed by atoms with van der Waals surface area (Å²) < 4.78 is 6.73. The number of carbonyl (C=O) groups excluding carboxylic acids is 2. The number of ether oxygens (including phenoxy) is 1. The van der Waals surface area contributed by atoms with Gasteiger partial charge in [0.05, 0.1) is 6.61 Å². The standard InChI is InChI=1S/C22H27BrN2O3/c1-3-5-6-16(4-2)15-28-20-13-9-18(10-14-20)22(27)25-24-21(26)17-7-11-19(23)12-8-17/h7-14,16H,3-6,15H2,1-2H3,(H,24,26)(H,25,27)/t16-/m0/s1. The molecule has 0 aliphatic carbocycles. The maximum Gasteiger partial charge on any atom is 0.269 e. The number of amides is 2. The SMILES string of the molecule is CCCC[C@H](CC)COc1ccc(C(=O)NNC(=O)c2ccc(Br)cc2)cc1. The number of rotatable bonds is 9. The van der Waals surface area contributed by atoms with E-state index in [9.17, 15) is 9.59 Å². The first-order valence-electron chi connectivity index (χ1n) is 9.62. The van der Waals surface area contributed by atoms with Crippen molar-refractivity contribution in [1.82, 2.24) is 10.9 Å². The zero-order valence-electron chi connectivity index (χ0n) is 16.3. The van der Waals surface area contributed by atoms with Crippen LogP contribution in [-0.4, -0.2) is 18.4 Å². The van der Waals surface area contributed by atoms with Crippen molar-refractivity contribution in [2.45, 2.75) is 39.5 Å². The van der Waals surface area contributed by atoms with Crippen LogP contribution in [0.15, 0.2) is 53.0 Å². The van der Waals surface area contributed by atoms with Gasteiger partial charge in [-0.3, -0.25) is 20.4 Å². The Morgan fingerprint density at radius 2 is 1.46 bits per heavy atom. The molecule has 0 aromatic heterocycles. The summed E-state index contributed by atoms with van der Waals surface area (Å²) in [5.41, 5.74) is 5.74. The molecule has 5 nitrogen and oxygen atoms in total. The molecule has 2 rings (SSSR count). The number of unbranched alkanes of at least 4 members (excludes halogenated alkanes) is 1. The quantitative estimate of drug-likeness (QED) is 0.525. The summed E-state index contributed by atoms with van der Waals surface area (Å²) in [6.45, 7) is 5.06. The van der Waals surface area contributed by atoms with Crippen LogP contribution in [0.2, 0.25) is 0 Å². The fourth-order valence-electron chi connectivity index (χ4n) is 2.67. The second-order valence-electron chi connectivity index (χ2n) is 6.67. The number of nitrogens with one attached hydrogen (secondary N) is 2. The van der Waals surface area contributed by atoms with Crippen molar-refractivity contribution in [2.24, 2.45) is 5.92 Å². The third kappa shape index (κ3) is 7.00. The van der Waals surface area contributed by atoms with Gasteiger partial charge in [0.2, 0.25) is 0 Å². The van der Waals surface area contributed by atoms with Crippen molar-refractivity contribution in [2.75, 3.05) is 6.61 Å². The monoisotopic (exact) mass is 446 g/mol. The lowest BCUT2D eigenvalue weighted by molar-refractivity contribution is 0.0846. The summed E-state index contributed by atoms with van der Waals surface area (Å²) >= 11 is 3.32. The molecular formula is C22H27BrN2O3. The lowest BCUT2D eigenvalue weighted by atomic mass is 10.0. The Bertz CT molecular complexity index is 760. The van der Waals surface area contributed by atoms with E-state index in [0.717, 1.165) is 16.6 Å². The molecule has 2 amide bonds. The van der Waals surface area contributed by atoms with E-state index in [0.29, 0.717) is 23.7 Å². The normalized spacial score (nSPS) is 11.5. The Kier molecular flexibility index (Phi) is 9.01. The van der Waals surface area contributed by atoms with Gasteiger partial charge >= 0.3 is 0 Å². The first-order valence-corrected chi connectivity index (χ1v) is 10.4. The first kappa shape index (κ1) is 22.0. The minimum Gasteiger partial charge on any atom is -0.493 e. The molecule has 0 aliphatic heterocycles. The second-order valence-corrected chi connectivity index (χ2v) is 7.58. The van der Waals surface area contributed by atoms with Gasteiger partial charge in [-0.25, -0.2) is 0 Å². The number of benzene rings is 2. The maximum atomic E-state index is 12.2. The summed E-state index contributed by atoms with van der Waals surface area (Å²) in [5.74, 6) is 0.534. The van der Waals surface area contributed by atoms with Crippen LogP contribution in [0, 0.1) is 5.92 Å². The van der Waals surface area contributed by atoms with Crippen molar-refractivity contribution in [3.63, 3.8) is 0 Å². The second kappa shape index (κ2) is 11.5. The Labute approximate surface area is 175 Å². The highest BCUT2D eigenvalue weighted by atomic mass is 79.9. The molecule has 2 aromatic carbocycles. The van der Waals surface area contributed by atoms with Crippen LogP contribution in [0.5, 0.6) is 5.75 Å². The van der Waals surface area contributed by atoms with Gasteiger partial charge < -0.3 is 4.74 Å². The molecule has 0 spiro atoms. The number of hydrazine groups is 1. The molecule has 0 unspecified atom stereocenters. The minimum absolute atomic E-state index is 0.376. The summed E-state index contributed by atoms with van der Waals surface area (Å²) in [6, 6.07) is 13.8. The van der Waals surface area contributed by atoms with Crippen LogP contribution >= 0.6 is 15.9 Å². The smallest absolute Gasteiger partial charge is 0.269 e. The lowest BCUT2D eigenvalue weighted by Crippen LogP contribution is -2.41. The van der Waals surface area contributed by atoms with E-state index < -0.39 is 0 Å². The van der Waals surface area contributed by atoms with E-state index in [1.807, 2.05) is 0 Å². The van der Waals surface area contributed by atoms with Crippen molar-refractivity contribution < 1.29 is 14.3 Å². The molecule has 0 fully saturated rings. The largest absolute Gasteiger partial charge is 0.493 e. The Hall–Kier alpha value is -2.34. The number of hydrogen-bond acceptors (Lipinski definition) is 3. The van der Waals surface area contributed by atoms with Gasteiger partial charge in [0.25, 0.3) is 11.8 Å². The highest BCUT2D eigenvalue weighted by Crippen LogP contribution is 2.17. The summed E-state index contributed by atoms with van der Waals surface area (Å²) in [5, 5.41) is 0. The van der Waals surface area contributed by atoms with Crippen molar-refractivity contribution >= 4 is 27.7 Å². The van der Waals surface area contributed by atoms with Crippen molar-refractivity contribution in [3.8, 4) is 5.75 Å². The van der Waals surface area contributed by atoms with E-state index in [1.54, 1.807) is 48.5 Å². The zero-order chi connectivity index (χ0) is 20.4. The van der Waals surface area contributed by atoms with Crippen LogP contribution in [0.1, 0.15) is 60.2 Å². The molecule has 2 N–H and O–H groups in total. The van der Waals surface area contributed by atoms with Crippen LogP contribution in [-0.2, 0) is 0 Å².